The van der Waals surface area contributed by atoms with E-state index < -0.39 is 0 Å². The lowest BCUT2D eigenvalue weighted by Gasteiger charge is -2.01. The maximum atomic E-state index is 5.46. The number of hydrogen-bond acceptors (Lipinski definition) is 3. The van der Waals surface area contributed by atoms with Crippen LogP contribution in [0.15, 0.2) is 22.7 Å². The van der Waals surface area contributed by atoms with Crippen LogP contribution in [0.5, 0.6) is 0 Å². The van der Waals surface area contributed by atoms with Gasteiger partial charge in [0.05, 0.1) is 6.54 Å². The minimum atomic E-state index is 0.378. The summed E-state index contributed by atoms with van der Waals surface area (Å²) in [7, 11) is 0. The Morgan fingerprint density at radius 3 is 2.87 bits per heavy atom. The van der Waals surface area contributed by atoms with Gasteiger partial charge in [-0.15, -0.1) is 0 Å². The zero-order valence-electron chi connectivity index (χ0n) is 8.29. The van der Waals surface area contributed by atoms with Crippen molar-refractivity contribution in [2.75, 3.05) is 0 Å². The second-order valence-corrected chi connectivity index (χ2v) is 4.18. The van der Waals surface area contributed by atoms with Crippen LogP contribution in [0.25, 0.3) is 11.4 Å². The highest BCUT2D eigenvalue weighted by atomic mass is 79.9. The average Bonchev–Trinajstić information content (AvgIpc) is 2.66. The van der Waals surface area contributed by atoms with Gasteiger partial charge in [-0.2, -0.15) is 5.10 Å². The van der Waals surface area contributed by atoms with Crippen LogP contribution in [0.2, 0.25) is 0 Å². The summed E-state index contributed by atoms with van der Waals surface area (Å²) in [6.45, 7) is 2.40. The van der Waals surface area contributed by atoms with Gasteiger partial charge in [0.1, 0.15) is 5.82 Å². The first-order chi connectivity index (χ1) is 7.20. The Morgan fingerprint density at radius 1 is 1.47 bits per heavy atom. The molecule has 0 radical (unpaired) electrons. The first kappa shape index (κ1) is 10.3. The van der Waals surface area contributed by atoms with E-state index in [2.05, 4.69) is 31.1 Å². The lowest BCUT2D eigenvalue weighted by atomic mass is 10.1. The summed E-state index contributed by atoms with van der Waals surface area (Å²) >= 11 is 3.42. The third kappa shape index (κ3) is 2.08. The third-order valence-corrected chi connectivity index (χ3v) is 2.65. The molecule has 0 spiro atoms. The van der Waals surface area contributed by atoms with E-state index in [-0.39, 0.29) is 0 Å². The van der Waals surface area contributed by atoms with Gasteiger partial charge in [0.15, 0.2) is 5.82 Å². The van der Waals surface area contributed by atoms with Crippen molar-refractivity contribution in [3.05, 3.63) is 34.1 Å². The molecule has 3 N–H and O–H groups in total. The van der Waals surface area contributed by atoms with E-state index in [0.29, 0.717) is 18.2 Å². The second kappa shape index (κ2) is 4.12. The maximum Gasteiger partial charge on any atom is 0.181 e. The summed E-state index contributed by atoms with van der Waals surface area (Å²) in [6.07, 6.45) is 0. The summed E-state index contributed by atoms with van der Waals surface area (Å²) in [4.78, 5) is 4.28. The summed E-state index contributed by atoms with van der Waals surface area (Å²) in [5, 5.41) is 6.91. The highest BCUT2D eigenvalue weighted by molar-refractivity contribution is 9.10. The van der Waals surface area contributed by atoms with Gasteiger partial charge < -0.3 is 5.73 Å². The van der Waals surface area contributed by atoms with Crippen molar-refractivity contribution in [2.45, 2.75) is 13.5 Å². The van der Waals surface area contributed by atoms with Gasteiger partial charge in [-0.3, -0.25) is 5.10 Å². The third-order valence-electron chi connectivity index (χ3n) is 2.15. The smallest absolute Gasteiger partial charge is 0.181 e. The molecule has 0 fully saturated rings. The van der Waals surface area contributed by atoms with Gasteiger partial charge in [-0.05, 0) is 30.7 Å². The van der Waals surface area contributed by atoms with Crippen molar-refractivity contribution in [3.63, 3.8) is 0 Å². The number of benzene rings is 1. The summed E-state index contributed by atoms with van der Waals surface area (Å²) in [5.74, 6) is 1.40. The standard InChI is InChI=1S/C10H11BrN4/c1-6-4-7(11)2-3-8(6)10-13-9(5-12)14-15-10/h2-4H,5,12H2,1H3,(H,13,14,15). The summed E-state index contributed by atoms with van der Waals surface area (Å²) < 4.78 is 1.05. The fourth-order valence-electron chi connectivity index (χ4n) is 1.39. The van der Waals surface area contributed by atoms with Crippen LogP contribution in [0, 0.1) is 6.92 Å². The molecule has 0 aliphatic carbocycles. The molecule has 0 unspecified atom stereocenters. The molecule has 15 heavy (non-hydrogen) atoms. The van der Waals surface area contributed by atoms with Gasteiger partial charge >= 0.3 is 0 Å². The molecule has 1 heterocycles. The first-order valence-electron chi connectivity index (χ1n) is 4.58. The van der Waals surface area contributed by atoms with Gasteiger partial charge in [-0.1, -0.05) is 15.9 Å². The molecule has 0 aliphatic rings. The molecule has 2 aromatic rings. The Kier molecular flexibility index (Phi) is 2.83. The SMILES string of the molecule is Cc1cc(Br)ccc1-c1n[nH]c(CN)n1. The van der Waals surface area contributed by atoms with E-state index in [1.54, 1.807) is 0 Å². The van der Waals surface area contributed by atoms with Gasteiger partial charge in [0, 0.05) is 10.0 Å². The molecule has 1 aromatic carbocycles. The molecule has 2 rings (SSSR count). The predicted molar refractivity (Wildman–Crippen MR) is 62.1 cm³/mol. The van der Waals surface area contributed by atoms with Crippen LogP contribution in [0.1, 0.15) is 11.4 Å². The molecule has 0 saturated carbocycles. The number of halogens is 1. The van der Waals surface area contributed by atoms with Crippen LogP contribution in [-0.2, 0) is 6.54 Å². The van der Waals surface area contributed by atoms with Crippen LogP contribution >= 0.6 is 15.9 Å². The number of aryl methyl sites for hydroxylation is 1. The Labute approximate surface area is 96.0 Å². The van der Waals surface area contributed by atoms with Crippen molar-refractivity contribution < 1.29 is 0 Å². The fourth-order valence-corrected chi connectivity index (χ4v) is 1.86. The van der Waals surface area contributed by atoms with Crippen molar-refractivity contribution in [3.8, 4) is 11.4 Å². The van der Waals surface area contributed by atoms with Gasteiger partial charge in [0.2, 0.25) is 0 Å². The predicted octanol–water partition coefficient (Wildman–Crippen LogP) is 2.00. The zero-order valence-corrected chi connectivity index (χ0v) is 9.87. The average molecular weight is 267 g/mol. The number of aromatic amines is 1. The highest BCUT2D eigenvalue weighted by Gasteiger charge is 2.07. The largest absolute Gasteiger partial charge is 0.324 e. The van der Waals surface area contributed by atoms with Crippen LogP contribution in [0.3, 0.4) is 0 Å². The summed E-state index contributed by atoms with van der Waals surface area (Å²) in [5.41, 5.74) is 7.62. The quantitative estimate of drug-likeness (QED) is 0.874. The molecule has 0 aliphatic heterocycles. The van der Waals surface area contributed by atoms with Crippen LogP contribution in [-0.4, -0.2) is 15.2 Å². The molecule has 4 nitrogen and oxygen atoms in total. The topological polar surface area (TPSA) is 67.6 Å². The van der Waals surface area contributed by atoms with Crippen molar-refractivity contribution >= 4 is 15.9 Å². The lowest BCUT2D eigenvalue weighted by molar-refractivity contribution is 0.917. The number of nitrogens with zero attached hydrogens (tertiary/aromatic N) is 2. The number of aromatic nitrogens is 3. The van der Waals surface area contributed by atoms with E-state index in [1.165, 1.54) is 0 Å². The number of hydrogen-bond donors (Lipinski definition) is 2. The maximum absolute atomic E-state index is 5.46. The number of H-pyrrole nitrogens is 1. The highest BCUT2D eigenvalue weighted by Crippen LogP contribution is 2.23. The zero-order chi connectivity index (χ0) is 10.8. The van der Waals surface area contributed by atoms with Gasteiger partial charge in [-0.25, -0.2) is 4.98 Å². The van der Waals surface area contributed by atoms with Crippen molar-refractivity contribution in [2.24, 2.45) is 5.73 Å². The Bertz CT molecular complexity index is 478. The molecule has 0 saturated heterocycles. The monoisotopic (exact) mass is 266 g/mol. The number of rotatable bonds is 2. The molecule has 78 valence electrons. The molecule has 5 heteroatoms. The fraction of sp³-hybridized carbons (Fsp3) is 0.200. The Balaban J connectivity index is 2.44. The number of nitrogens with one attached hydrogen (secondary N) is 1. The molecular formula is C10H11BrN4. The Hall–Kier alpha value is -1.20. The normalized spacial score (nSPS) is 10.6. The van der Waals surface area contributed by atoms with Crippen molar-refractivity contribution in [1.29, 1.82) is 0 Å². The first-order valence-corrected chi connectivity index (χ1v) is 5.38. The molecule has 0 bridgehead atoms. The van der Waals surface area contributed by atoms with Gasteiger partial charge in [0.25, 0.3) is 0 Å². The van der Waals surface area contributed by atoms with Crippen LogP contribution < -0.4 is 5.73 Å². The lowest BCUT2D eigenvalue weighted by Crippen LogP contribution is -1.98. The van der Waals surface area contributed by atoms with Crippen LogP contribution in [0.4, 0.5) is 0 Å². The van der Waals surface area contributed by atoms with E-state index in [1.807, 2.05) is 25.1 Å². The van der Waals surface area contributed by atoms with E-state index in [0.717, 1.165) is 15.6 Å². The minimum absolute atomic E-state index is 0.378. The molecule has 0 atom stereocenters. The molecular weight excluding hydrogens is 256 g/mol. The minimum Gasteiger partial charge on any atom is -0.324 e. The number of nitrogens with two attached hydrogens (primary N) is 1. The van der Waals surface area contributed by atoms with E-state index in [4.69, 9.17) is 5.73 Å². The molecule has 1 aromatic heterocycles. The Morgan fingerprint density at radius 2 is 2.27 bits per heavy atom. The van der Waals surface area contributed by atoms with Crippen molar-refractivity contribution in [1.82, 2.24) is 15.2 Å². The molecule has 0 amide bonds. The van der Waals surface area contributed by atoms with E-state index in [9.17, 15) is 0 Å². The van der Waals surface area contributed by atoms with E-state index >= 15 is 0 Å². The summed E-state index contributed by atoms with van der Waals surface area (Å²) in [6, 6.07) is 6.00. The second-order valence-electron chi connectivity index (χ2n) is 3.27.